The summed E-state index contributed by atoms with van der Waals surface area (Å²) < 4.78 is 11.2. The van der Waals surface area contributed by atoms with Gasteiger partial charge in [0.25, 0.3) is 6.26 Å². The van der Waals surface area contributed by atoms with Gasteiger partial charge in [-0.1, -0.05) is 19.6 Å². The summed E-state index contributed by atoms with van der Waals surface area (Å²) in [5.74, 6) is -0.694. The molecule has 0 N–H and O–H groups in total. The number of aromatic nitrogens is 2. The van der Waals surface area contributed by atoms with Gasteiger partial charge in [0.2, 0.25) is 5.82 Å². The van der Waals surface area contributed by atoms with Gasteiger partial charge in [-0.05, 0) is 6.04 Å². The third-order valence-corrected chi connectivity index (χ3v) is 3.97. The number of ether oxygens (including phenoxy) is 2. The topological polar surface area (TPSA) is 77.1 Å². The van der Waals surface area contributed by atoms with Gasteiger partial charge < -0.3 is 14.0 Å². The maximum Gasteiger partial charge on any atom is 0.389 e. The molecule has 0 spiro atoms. The molecule has 1 aromatic rings. The van der Waals surface area contributed by atoms with E-state index in [1.807, 2.05) is 0 Å². The van der Waals surface area contributed by atoms with Gasteiger partial charge in [0, 0.05) is 27.1 Å². The third kappa shape index (κ3) is 4.69. The first-order valence-electron chi connectivity index (χ1n) is 5.63. The van der Waals surface area contributed by atoms with E-state index in [0.29, 0.717) is 6.61 Å². The second-order valence-electron chi connectivity index (χ2n) is 5.05. The minimum absolute atomic E-state index is 0.0737. The average Bonchev–Trinajstić information content (AvgIpc) is 2.71. The Balaban J connectivity index is 2.46. The van der Waals surface area contributed by atoms with Crippen LogP contribution < -0.4 is 0 Å². The first-order chi connectivity index (χ1) is 8.44. The number of hydrogen-bond acceptors (Lipinski definition) is 5. The van der Waals surface area contributed by atoms with Crippen LogP contribution in [0.2, 0.25) is 25.7 Å². The lowest BCUT2D eigenvalue weighted by Crippen LogP contribution is -2.22. The molecule has 6 nitrogen and oxygen atoms in total. The molecule has 1 aromatic heterocycles. The number of nitrogens with zero attached hydrogens (tertiary/aromatic N) is 3. The van der Waals surface area contributed by atoms with E-state index in [1.54, 1.807) is 6.20 Å². The second kappa shape index (κ2) is 6.33. The molecule has 0 atom stereocenters. The largest absolute Gasteiger partial charge is 0.389 e. The standard InChI is InChI=1S/C11H17N3O3Si/c1-18(2,3)7-6-16-9-14-5-4-13-10(14)11(15)17-8-12/h4-5H,6-7,9H2,1-3H3. The Morgan fingerprint density at radius 3 is 2.89 bits per heavy atom. The van der Waals surface area contributed by atoms with Crippen molar-refractivity contribution in [3.63, 3.8) is 0 Å². The number of esters is 1. The monoisotopic (exact) mass is 267 g/mol. The van der Waals surface area contributed by atoms with Crippen LogP contribution in [0.15, 0.2) is 12.4 Å². The zero-order chi connectivity index (χ0) is 13.6. The number of nitriles is 1. The molecule has 0 saturated carbocycles. The minimum atomic E-state index is -1.11. The highest BCUT2D eigenvalue weighted by Crippen LogP contribution is 2.08. The molecule has 18 heavy (non-hydrogen) atoms. The van der Waals surface area contributed by atoms with Crippen LogP contribution in [0, 0.1) is 11.5 Å². The van der Waals surface area contributed by atoms with Crippen LogP contribution in [-0.2, 0) is 16.2 Å². The van der Waals surface area contributed by atoms with Crippen molar-refractivity contribution < 1.29 is 14.3 Å². The van der Waals surface area contributed by atoms with Gasteiger partial charge in [-0.2, -0.15) is 0 Å². The molecule has 0 amide bonds. The second-order valence-corrected chi connectivity index (χ2v) is 10.7. The van der Waals surface area contributed by atoms with Crippen molar-refractivity contribution in [2.45, 2.75) is 32.4 Å². The third-order valence-electron chi connectivity index (χ3n) is 2.26. The van der Waals surface area contributed by atoms with Crippen molar-refractivity contribution in [2.24, 2.45) is 0 Å². The van der Waals surface area contributed by atoms with Crippen LogP contribution in [0.1, 0.15) is 10.6 Å². The van der Waals surface area contributed by atoms with E-state index in [4.69, 9.17) is 10.00 Å². The lowest BCUT2D eigenvalue weighted by atomic mass is 10.6. The van der Waals surface area contributed by atoms with Crippen molar-refractivity contribution in [1.82, 2.24) is 9.55 Å². The lowest BCUT2D eigenvalue weighted by Gasteiger charge is -2.15. The van der Waals surface area contributed by atoms with E-state index in [-0.39, 0.29) is 12.6 Å². The van der Waals surface area contributed by atoms with Crippen molar-refractivity contribution >= 4 is 14.0 Å². The predicted octanol–water partition coefficient (Wildman–Crippen LogP) is 1.83. The number of carbonyl (C=O) groups is 1. The Morgan fingerprint density at radius 1 is 1.56 bits per heavy atom. The van der Waals surface area contributed by atoms with Gasteiger partial charge in [0.05, 0.1) is 0 Å². The van der Waals surface area contributed by atoms with Gasteiger partial charge in [-0.15, -0.1) is 5.26 Å². The minimum Gasteiger partial charge on any atom is -0.361 e. The van der Waals surface area contributed by atoms with Crippen LogP contribution in [0.5, 0.6) is 0 Å². The predicted molar refractivity (Wildman–Crippen MR) is 67.4 cm³/mol. The molecule has 0 aromatic carbocycles. The molecule has 98 valence electrons. The Labute approximate surface area is 107 Å². The molecule has 0 aliphatic heterocycles. The number of imidazole rings is 1. The summed E-state index contributed by atoms with van der Waals surface area (Å²) in [5, 5.41) is 8.27. The fourth-order valence-electron chi connectivity index (χ4n) is 1.23. The van der Waals surface area contributed by atoms with Crippen LogP contribution >= 0.6 is 0 Å². The van der Waals surface area contributed by atoms with Gasteiger partial charge in [-0.25, -0.2) is 9.78 Å². The summed E-state index contributed by atoms with van der Waals surface area (Å²) in [4.78, 5) is 15.2. The zero-order valence-corrected chi connectivity index (χ0v) is 11.8. The fraction of sp³-hybridized carbons (Fsp3) is 0.545. The SMILES string of the molecule is C[Si](C)(C)CCOCn1ccnc1C(=O)OC#N. The summed E-state index contributed by atoms with van der Waals surface area (Å²) in [6, 6.07) is 1.06. The summed E-state index contributed by atoms with van der Waals surface area (Å²) >= 11 is 0. The van der Waals surface area contributed by atoms with Crippen LogP contribution in [0.3, 0.4) is 0 Å². The summed E-state index contributed by atoms with van der Waals surface area (Å²) in [6.45, 7) is 7.69. The first-order valence-corrected chi connectivity index (χ1v) is 9.34. The van der Waals surface area contributed by atoms with Crippen molar-refractivity contribution in [1.29, 1.82) is 5.26 Å². The molecular formula is C11H17N3O3Si. The van der Waals surface area contributed by atoms with E-state index in [1.165, 1.54) is 17.0 Å². The van der Waals surface area contributed by atoms with E-state index in [0.717, 1.165) is 6.04 Å². The summed E-state index contributed by atoms with van der Waals surface area (Å²) in [6.07, 6.45) is 4.41. The van der Waals surface area contributed by atoms with Gasteiger partial charge in [0.1, 0.15) is 6.73 Å². The first kappa shape index (κ1) is 14.4. The molecular weight excluding hydrogens is 250 g/mol. The summed E-state index contributed by atoms with van der Waals surface area (Å²) in [7, 11) is -1.11. The van der Waals surface area contributed by atoms with Crippen LogP contribution in [-0.4, -0.2) is 30.2 Å². The molecule has 0 radical (unpaired) electrons. The molecule has 1 heterocycles. The number of hydrogen-bond donors (Lipinski definition) is 0. The average molecular weight is 267 g/mol. The fourth-order valence-corrected chi connectivity index (χ4v) is 1.99. The highest BCUT2D eigenvalue weighted by Gasteiger charge is 2.15. The Hall–Kier alpha value is -1.65. The Bertz CT molecular complexity index is 445. The molecule has 0 bridgehead atoms. The number of carbonyl (C=O) groups excluding carboxylic acids is 1. The van der Waals surface area contributed by atoms with E-state index >= 15 is 0 Å². The smallest absolute Gasteiger partial charge is 0.361 e. The summed E-state index contributed by atoms with van der Waals surface area (Å²) in [5.41, 5.74) is 0. The molecule has 0 unspecified atom stereocenters. The molecule has 0 saturated heterocycles. The normalized spacial score (nSPS) is 11.0. The molecule has 0 fully saturated rings. The Kier molecular flexibility index (Phi) is 5.06. The highest BCUT2D eigenvalue weighted by atomic mass is 28.3. The molecule has 7 heteroatoms. The molecule has 1 rings (SSSR count). The van der Waals surface area contributed by atoms with E-state index < -0.39 is 14.0 Å². The highest BCUT2D eigenvalue weighted by molar-refractivity contribution is 6.76. The zero-order valence-electron chi connectivity index (χ0n) is 10.8. The van der Waals surface area contributed by atoms with Gasteiger partial charge in [0.15, 0.2) is 0 Å². The maximum atomic E-state index is 11.3. The maximum absolute atomic E-state index is 11.3. The van der Waals surface area contributed by atoms with Gasteiger partial charge in [-0.3, -0.25) is 0 Å². The quantitative estimate of drug-likeness (QED) is 0.340. The molecule has 0 aliphatic rings. The van der Waals surface area contributed by atoms with E-state index in [2.05, 4.69) is 29.4 Å². The van der Waals surface area contributed by atoms with Gasteiger partial charge >= 0.3 is 5.97 Å². The van der Waals surface area contributed by atoms with Crippen LogP contribution in [0.25, 0.3) is 0 Å². The Morgan fingerprint density at radius 2 is 2.28 bits per heavy atom. The van der Waals surface area contributed by atoms with Crippen molar-refractivity contribution in [3.8, 4) is 6.26 Å². The van der Waals surface area contributed by atoms with Crippen LogP contribution in [0.4, 0.5) is 0 Å². The van der Waals surface area contributed by atoms with Crippen molar-refractivity contribution in [2.75, 3.05) is 6.61 Å². The van der Waals surface area contributed by atoms with Crippen molar-refractivity contribution in [3.05, 3.63) is 18.2 Å². The molecule has 0 aliphatic carbocycles. The number of rotatable bonds is 6. The van der Waals surface area contributed by atoms with E-state index in [9.17, 15) is 4.79 Å². The lowest BCUT2D eigenvalue weighted by molar-refractivity contribution is 0.0604.